The van der Waals surface area contributed by atoms with Crippen molar-refractivity contribution in [1.82, 2.24) is 0 Å². The minimum absolute atomic E-state index is 0.655. The van der Waals surface area contributed by atoms with Crippen LogP contribution in [0.1, 0.15) is 19.3 Å². The monoisotopic (exact) mass is 466 g/mol. The number of aldehydes is 2. The molecule has 146 valence electrons. The molecule has 5 aromatic rings. The van der Waals surface area contributed by atoms with Crippen molar-refractivity contribution in [3.63, 3.8) is 0 Å². The number of thiophene rings is 2. The summed E-state index contributed by atoms with van der Waals surface area (Å²) in [5.41, 5.74) is 4.01. The molecule has 2 aromatic heterocycles. The fraction of sp³-hybridized carbons (Fsp3) is 0. The van der Waals surface area contributed by atoms with Crippen molar-refractivity contribution in [3.05, 3.63) is 80.5 Å². The number of carbonyl (C=O) groups is 2. The molecule has 0 spiro atoms. The van der Waals surface area contributed by atoms with Crippen molar-refractivity contribution in [2.24, 2.45) is 0 Å². The summed E-state index contributed by atoms with van der Waals surface area (Å²) in [5.74, 6) is 0. The maximum atomic E-state index is 11.6. The Bertz CT molecular complexity index is 1260. The van der Waals surface area contributed by atoms with E-state index in [4.69, 9.17) is 23.2 Å². The summed E-state index contributed by atoms with van der Waals surface area (Å²) in [4.78, 5) is 24.6. The van der Waals surface area contributed by atoms with E-state index in [-0.39, 0.29) is 0 Å². The maximum absolute atomic E-state index is 11.6. The number of benzene rings is 3. The minimum atomic E-state index is 0.655. The average molecular weight is 467 g/mol. The molecule has 0 saturated heterocycles. The number of fused-ring (bicyclic) bond motifs is 2. The van der Waals surface area contributed by atoms with Gasteiger partial charge in [0.2, 0.25) is 0 Å². The van der Waals surface area contributed by atoms with Gasteiger partial charge in [0, 0.05) is 41.3 Å². The predicted molar refractivity (Wildman–Crippen MR) is 129 cm³/mol. The van der Waals surface area contributed by atoms with Crippen molar-refractivity contribution in [1.29, 1.82) is 0 Å². The second kappa shape index (κ2) is 7.64. The van der Waals surface area contributed by atoms with Gasteiger partial charge in [0.15, 0.2) is 12.6 Å². The zero-order valence-electron chi connectivity index (χ0n) is 15.3. The van der Waals surface area contributed by atoms with Gasteiger partial charge < -0.3 is 0 Å². The first-order chi connectivity index (χ1) is 14.6. The maximum Gasteiger partial charge on any atom is 0.160 e. The van der Waals surface area contributed by atoms with Gasteiger partial charge in [-0.25, -0.2) is 0 Å². The molecular formula is C24H12Cl2O2S2. The lowest BCUT2D eigenvalue weighted by Crippen LogP contribution is -1.85. The van der Waals surface area contributed by atoms with Gasteiger partial charge in [0.1, 0.15) is 0 Å². The molecular weight excluding hydrogens is 455 g/mol. The number of carbonyl (C=O) groups excluding carboxylic acids is 2. The fourth-order valence-electron chi connectivity index (χ4n) is 3.73. The summed E-state index contributed by atoms with van der Waals surface area (Å²) in [6.07, 6.45) is 1.76. The van der Waals surface area contributed by atoms with Gasteiger partial charge in [0.25, 0.3) is 0 Å². The second-order valence-electron chi connectivity index (χ2n) is 6.78. The zero-order valence-corrected chi connectivity index (χ0v) is 18.5. The fourth-order valence-corrected chi connectivity index (χ4v) is 6.10. The molecule has 6 heteroatoms. The summed E-state index contributed by atoms with van der Waals surface area (Å²) >= 11 is 15.1. The highest BCUT2D eigenvalue weighted by atomic mass is 35.5. The molecule has 0 aliphatic carbocycles. The summed E-state index contributed by atoms with van der Waals surface area (Å²) in [6.45, 7) is 0. The molecule has 0 aliphatic rings. The van der Waals surface area contributed by atoms with Crippen LogP contribution in [0.4, 0.5) is 0 Å². The largest absolute Gasteiger partial charge is 0.297 e. The first kappa shape index (κ1) is 19.5. The van der Waals surface area contributed by atoms with Crippen LogP contribution in [0.15, 0.2) is 60.7 Å². The van der Waals surface area contributed by atoms with Crippen molar-refractivity contribution < 1.29 is 9.59 Å². The Labute approximate surface area is 190 Å². The van der Waals surface area contributed by atoms with E-state index in [0.717, 1.165) is 55.0 Å². The van der Waals surface area contributed by atoms with E-state index in [1.807, 2.05) is 60.7 Å². The number of halogens is 2. The number of hydrogen-bond acceptors (Lipinski definition) is 4. The van der Waals surface area contributed by atoms with Gasteiger partial charge in [-0.1, -0.05) is 47.5 Å². The van der Waals surface area contributed by atoms with Crippen LogP contribution in [0.3, 0.4) is 0 Å². The van der Waals surface area contributed by atoms with Crippen LogP contribution in [0.5, 0.6) is 0 Å². The van der Waals surface area contributed by atoms with Crippen molar-refractivity contribution in [2.45, 2.75) is 0 Å². The molecule has 0 aliphatic heterocycles. The normalized spacial score (nSPS) is 11.3. The van der Waals surface area contributed by atoms with E-state index in [9.17, 15) is 9.59 Å². The zero-order chi connectivity index (χ0) is 20.8. The molecule has 5 rings (SSSR count). The van der Waals surface area contributed by atoms with E-state index in [1.54, 1.807) is 0 Å². The molecule has 0 saturated carbocycles. The van der Waals surface area contributed by atoms with E-state index in [1.165, 1.54) is 22.7 Å². The molecule has 0 atom stereocenters. The van der Waals surface area contributed by atoms with Crippen LogP contribution in [-0.2, 0) is 0 Å². The Balaban J connectivity index is 1.98. The summed E-state index contributed by atoms with van der Waals surface area (Å²) in [6, 6.07) is 19.1. The highest BCUT2D eigenvalue weighted by Crippen LogP contribution is 2.49. The Morgan fingerprint density at radius 1 is 0.600 bits per heavy atom. The molecule has 30 heavy (non-hydrogen) atoms. The quantitative estimate of drug-likeness (QED) is 0.249. The highest BCUT2D eigenvalue weighted by molar-refractivity contribution is 7.23. The third-order valence-electron chi connectivity index (χ3n) is 4.99. The van der Waals surface area contributed by atoms with Crippen LogP contribution in [0.25, 0.3) is 42.4 Å². The van der Waals surface area contributed by atoms with Gasteiger partial charge >= 0.3 is 0 Å². The average Bonchev–Trinajstić information content (AvgIpc) is 3.37. The van der Waals surface area contributed by atoms with Gasteiger partial charge in [-0.15, -0.1) is 22.7 Å². The SMILES string of the molecule is O=Cc1cc2c(-c3ccc(Cl)cc3)c3sc(C=O)cc3c(-c3ccc(Cl)cc3)c2s1. The molecule has 3 aromatic carbocycles. The molecule has 0 radical (unpaired) electrons. The van der Waals surface area contributed by atoms with E-state index in [0.29, 0.717) is 19.8 Å². The van der Waals surface area contributed by atoms with E-state index >= 15 is 0 Å². The Kier molecular flexibility index (Phi) is 4.95. The molecule has 0 amide bonds. The Morgan fingerprint density at radius 2 is 0.967 bits per heavy atom. The van der Waals surface area contributed by atoms with Gasteiger partial charge in [-0.05, 0) is 47.5 Å². The Morgan fingerprint density at radius 3 is 1.30 bits per heavy atom. The highest BCUT2D eigenvalue weighted by Gasteiger charge is 2.21. The lowest BCUT2D eigenvalue weighted by molar-refractivity contribution is 0.111. The van der Waals surface area contributed by atoms with E-state index < -0.39 is 0 Å². The summed E-state index contributed by atoms with van der Waals surface area (Å²) < 4.78 is 2.01. The van der Waals surface area contributed by atoms with E-state index in [2.05, 4.69) is 0 Å². The lowest BCUT2D eigenvalue weighted by Gasteiger charge is -2.12. The molecule has 0 bridgehead atoms. The van der Waals surface area contributed by atoms with Crippen molar-refractivity contribution in [3.8, 4) is 22.3 Å². The van der Waals surface area contributed by atoms with Crippen LogP contribution < -0.4 is 0 Å². The molecule has 0 N–H and O–H groups in total. The second-order valence-corrected chi connectivity index (χ2v) is 9.82. The molecule has 2 heterocycles. The first-order valence-electron chi connectivity index (χ1n) is 9.04. The summed E-state index contributed by atoms with van der Waals surface area (Å²) in [5, 5.41) is 3.28. The van der Waals surface area contributed by atoms with Crippen molar-refractivity contribution in [2.75, 3.05) is 0 Å². The minimum Gasteiger partial charge on any atom is -0.297 e. The van der Waals surface area contributed by atoms with Crippen LogP contribution >= 0.6 is 45.9 Å². The topological polar surface area (TPSA) is 34.1 Å². The third-order valence-corrected chi connectivity index (χ3v) is 7.65. The van der Waals surface area contributed by atoms with Crippen LogP contribution in [0.2, 0.25) is 10.0 Å². The molecule has 2 nitrogen and oxygen atoms in total. The number of rotatable bonds is 4. The van der Waals surface area contributed by atoms with Gasteiger partial charge in [-0.3, -0.25) is 9.59 Å². The van der Waals surface area contributed by atoms with Gasteiger partial charge in [-0.2, -0.15) is 0 Å². The first-order valence-corrected chi connectivity index (χ1v) is 11.4. The number of hydrogen-bond donors (Lipinski definition) is 0. The molecule has 0 fully saturated rings. The van der Waals surface area contributed by atoms with Crippen LogP contribution in [0, 0.1) is 0 Å². The lowest BCUT2D eigenvalue weighted by atomic mass is 9.93. The van der Waals surface area contributed by atoms with Gasteiger partial charge in [0.05, 0.1) is 9.75 Å². The smallest absolute Gasteiger partial charge is 0.160 e. The van der Waals surface area contributed by atoms with Crippen molar-refractivity contribution >= 4 is 78.6 Å². The summed E-state index contributed by atoms with van der Waals surface area (Å²) in [7, 11) is 0. The third kappa shape index (κ3) is 3.17. The Hall–Kier alpha value is -2.50. The standard InChI is InChI=1S/C24H12Cl2O2S2/c25-15-5-1-13(2-6-15)21-19-9-17(11-27)30-24(19)22(14-3-7-16(26)8-4-14)20-10-18(12-28)29-23(20)21/h1-12H. The molecule has 0 unspecified atom stereocenters. The van der Waals surface area contributed by atoms with Crippen LogP contribution in [-0.4, -0.2) is 12.6 Å². The predicted octanol–water partition coefficient (Wildman–Crippen LogP) is 8.38.